The van der Waals surface area contributed by atoms with Crippen LogP contribution in [0, 0.1) is 5.92 Å². The maximum absolute atomic E-state index is 12.6. The van der Waals surface area contributed by atoms with E-state index in [2.05, 4.69) is 30.4 Å². The van der Waals surface area contributed by atoms with Gasteiger partial charge in [-0.15, -0.1) is 5.10 Å². The molecule has 0 radical (unpaired) electrons. The molecule has 1 amide bonds. The summed E-state index contributed by atoms with van der Waals surface area (Å²) in [7, 11) is 0. The molecule has 0 aromatic carbocycles. The predicted octanol–water partition coefficient (Wildman–Crippen LogP) is 2.27. The molecule has 0 atom stereocenters. The van der Waals surface area contributed by atoms with Crippen molar-refractivity contribution in [1.82, 2.24) is 14.5 Å². The maximum Gasteiger partial charge on any atom is 0.267 e. The van der Waals surface area contributed by atoms with Crippen LogP contribution in [-0.4, -0.2) is 38.5 Å². The van der Waals surface area contributed by atoms with E-state index >= 15 is 0 Å². The monoisotopic (exact) mass is 314 g/mol. The van der Waals surface area contributed by atoms with Crippen LogP contribution in [0.3, 0.4) is 0 Å². The molecule has 1 heterocycles. The van der Waals surface area contributed by atoms with Gasteiger partial charge in [-0.05, 0) is 23.9 Å². The summed E-state index contributed by atoms with van der Waals surface area (Å²) >= 11 is 6.07. The van der Waals surface area contributed by atoms with Crippen molar-refractivity contribution in [1.29, 1.82) is 0 Å². The molecule has 0 spiro atoms. The van der Waals surface area contributed by atoms with Crippen LogP contribution in [0.2, 0.25) is 0 Å². The second-order valence-electron chi connectivity index (χ2n) is 5.16. The molecule has 0 fully saturated rings. The zero-order valence-electron chi connectivity index (χ0n) is 12.3. The SMILES string of the molecule is CCCc1nnsc1C(=O)N(CCC(N)=S)CC(C)C. The summed E-state index contributed by atoms with van der Waals surface area (Å²) in [5.41, 5.74) is 6.34. The van der Waals surface area contributed by atoms with E-state index in [1.165, 1.54) is 11.5 Å². The molecule has 0 aliphatic heterocycles. The van der Waals surface area contributed by atoms with Gasteiger partial charge in [-0.25, -0.2) is 0 Å². The van der Waals surface area contributed by atoms with Crippen LogP contribution >= 0.6 is 23.8 Å². The lowest BCUT2D eigenvalue weighted by Gasteiger charge is -2.24. The van der Waals surface area contributed by atoms with E-state index in [1.807, 2.05) is 0 Å². The third kappa shape index (κ3) is 5.13. The number of hydrogen-bond donors (Lipinski definition) is 1. The highest BCUT2D eigenvalue weighted by molar-refractivity contribution is 7.80. The molecule has 5 nitrogen and oxygen atoms in total. The summed E-state index contributed by atoms with van der Waals surface area (Å²) in [4.78, 5) is 15.5. The van der Waals surface area contributed by atoms with Crippen molar-refractivity contribution in [3.05, 3.63) is 10.6 Å². The van der Waals surface area contributed by atoms with E-state index in [9.17, 15) is 4.79 Å². The van der Waals surface area contributed by atoms with Gasteiger partial charge in [0, 0.05) is 19.5 Å². The zero-order valence-corrected chi connectivity index (χ0v) is 13.9. The lowest BCUT2D eigenvalue weighted by Crippen LogP contribution is -2.36. The molecule has 1 rings (SSSR count). The van der Waals surface area contributed by atoms with Crippen molar-refractivity contribution < 1.29 is 4.79 Å². The Hall–Kier alpha value is -1.08. The highest BCUT2D eigenvalue weighted by Crippen LogP contribution is 2.16. The quantitative estimate of drug-likeness (QED) is 0.745. The summed E-state index contributed by atoms with van der Waals surface area (Å²) < 4.78 is 3.91. The van der Waals surface area contributed by atoms with E-state index < -0.39 is 0 Å². The molecular formula is C13H22N4OS2. The van der Waals surface area contributed by atoms with Gasteiger partial charge in [-0.2, -0.15) is 0 Å². The molecule has 1 aromatic rings. The minimum Gasteiger partial charge on any atom is -0.393 e. The molecule has 2 N–H and O–H groups in total. The summed E-state index contributed by atoms with van der Waals surface area (Å²) in [5, 5.41) is 4.05. The van der Waals surface area contributed by atoms with E-state index in [-0.39, 0.29) is 5.91 Å². The van der Waals surface area contributed by atoms with E-state index in [0.717, 1.165) is 18.5 Å². The van der Waals surface area contributed by atoms with E-state index in [0.29, 0.717) is 35.3 Å². The highest BCUT2D eigenvalue weighted by Gasteiger charge is 2.22. The topological polar surface area (TPSA) is 72.1 Å². The lowest BCUT2D eigenvalue weighted by atomic mass is 10.1. The van der Waals surface area contributed by atoms with Crippen LogP contribution in [0.15, 0.2) is 0 Å². The Morgan fingerprint density at radius 2 is 2.20 bits per heavy atom. The van der Waals surface area contributed by atoms with Crippen LogP contribution in [-0.2, 0) is 6.42 Å². The Labute approximate surface area is 129 Å². The average Bonchev–Trinajstić information content (AvgIpc) is 2.81. The smallest absolute Gasteiger partial charge is 0.267 e. The number of aryl methyl sites for hydroxylation is 1. The van der Waals surface area contributed by atoms with Gasteiger partial charge in [-0.1, -0.05) is 43.9 Å². The van der Waals surface area contributed by atoms with E-state index in [1.54, 1.807) is 4.90 Å². The molecule has 7 heteroatoms. The highest BCUT2D eigenvalue weighted by atomic mass is 32.1. The summed E-state index contributed by atoms with van der Waals surface area (Å²) in [6.45, 7) is 7.46. The Balaban J connectivity index is 2.85. The fraction of sp³-hybridized carbons (Fsp3) is 0.692. The Bertz CT molecular complexity index is 459. The number of nitrogens with zero attached hydrogens (tertiary/aromatic N) is 3. The van der Waals surface area contributed by atoms with Crippen LogP contribution in [0.25, 0.3) is 0 Å². The van der Waals surface area contributed by atoms with Gasteiger partial charge in [0.1, 0.15) is 4.88 Å². The number of thiocarbonyl (C=S) groups is 1. The summed E-state index contributed by atoms with van der Waals surface area (Å²) in [5.74, 6) is 0.384. The van der Waals surface area contributed by atoms with Crippen molar-refractivity contribution in [2.45, 2.75) is 40.0 Å². The Morgan fingerprint density at radius 3 is 2.75 bits per heavy atom. The largest absolute Gasteiger partial charge is 0.393 e. The number of aromatic nitrogens is 2. The summed E-state index contributed by atoms with van der Waals surface area (Å²) in [6, 6.07) is 0. The van der Waals surface area contributed by atoms with Gasteiger partial charge >= 0.3 is 0 Å². The molecule has 0 saturated carbocycles. The molecule has 1 aromatic heterocycles. The van der Waals surface area contributed by atoms with Gasteiger partial charge < -0.3 is 10.6 Å². The second kappa shape index (κ2) is 8.26. The third-order valence-corrected chi connectivity index (χ3v) is 3.70. The fourth-order valence-corrected chi connectivity index (χ4v) is 2.64. The summed E-state index contributed by atoms with van der Waals surface area (Å²) in [6.07, 6.45) is 2.27. The molecule has 20 heavy (non-hydrogen) atoms. The van der Waals surface area contributed by atoms with Crippen LogP contribution in [0.1, 0.15) is 49.0 Å². The minimum atomic E-state index is -0.00611. The van der Waals surface area contributed by atoms with Gasteiger partial charge in [0.2, 0.25) is 0 Å². The standard InChI is InChI=1S/C13H22N4OS2/c1-4-5-10-12(20-16-15-10)13(18)17(8-9(2)3)7-6-11(14)19/h9H,4-8H2,1-3H3,(H2,14,19). The number of amides is 1. The molecule has 0 bridgehead atoms. The van der Waals surface area contributed by atoms with Crippen LogP contribution in [0.5, 0.6) is 0 Å². The van der Waals surface area contributed by atoms with Crippen molar-refractivity contribution in [2.75, 3.05) is 13.1 Å². The van der Waals surface area contributed by atoms with Crippen molar-refractivity contribution >= 4 is 34.6 Å². The normalized spacial score (nSPS) is 10.8. The maximum atomic E-state index is 12.6. The van der Waals surface area contributed by atoms with E-state index in [4.69, 9.17) is 18.0 Å². The fourth-order valence-electron chi connectivity index (χ4n) is 1.88. The first-order chi connectivity index (χ1) is 9.45. The Morgan fingerprint density at radius 1 is 1.50 bits per heavy atom. The first-order valence-electron chi connectivity index (χ1n) is 6.84. The molecule has 0 unspecified atom stereocenters. The van der Waals surface area contributed by atoms with Gasteiger partial charge in [-0.3, -0.25) is 4.79 Å². The lowest BCUT2D eigenvalue weighted by molar-refractivity contribution is 0.0744. The molecule has 0 aliphatic carbocycles. The van der Waals surface area contributed by atoms with Crippen molar-refractivity contribution in [2.24, 2.45) is 11.7 Å². The first-order valence-corrected chi connectivity index (χ1v) is 8.02. The molecular weight excluding hydrogens is 292 g/mol. The number of carbonyl (C=O) groups excluding carboxylic acids is 1. The molecule has 112 valence electrons. The zero-order chi connectivity index (χ0) is 15.1. The first kappa shape index (κ1) is 17.0. The third-order valence-electron chi connectivity index (χ3n) is 2.74. The van der Waals surface area contributed by atoms with Crippen molar-refractivity contribution in [3.63, 3.8) is 0 Å². The molecule has 0 aliphatic rings. The van der Waals surface area contributed by atoms with Gasteiger partial charge in [0.05, 0.1) is 10.7 Å². The number of carbonyl (C=O) groups is 1. The second-order valence-corrected chi connectivity index (χ2v) is 6.44. The Kier molecular flexibility index (Phi) is 7.01. The van der Waals surface area contributed by atoms with Crippen LogP contribution < -0.4 is 5.73 Å². The van der Waals surface area contributed by atoms with Gasteiger partial charge in [0.15, 0.2) is 0 Å². The number of nitrogens with two attached hydrogens (primary N) is 1. The minimum absolute atomic E-state index is 0.00611. The number of rotatable bonds is 8. The van der Waals surface area contributed by atoms with Gasteiger partial charge in [0.25, 0.3) is 5.91 Å². The predicted molar refractivity (Wildman–Crippen MR) is 86.0 cm³/mol. The average molecular weight is 314 g/mol. The molecule has 0 saturated heterocycles. The van der Waals surface area contributed by atoms with Crippen molar-refractivity contribution in [3.8, 4) is 0 Å². The van der Waals surface area contributed by atoms with Crippen LogP contribution in [0.4, 0.5) is 0 Å². The number of hydrogen-bond acceptors (Lipinski definition) is 5.